The van der Waals surface area contributed by atoms with Crippen LogP contribution in [-0.4, -0.2) is 77.2 Å². The number of carbonyl (C=O) groups is 1. The van der Waals surface area contributed by atoms with Gasteiger partial charge < -0.3 is 15.0 Å². The van der Waals surface area contributed by atoms with Crippen molar-refractivity contribution in [2.24, 2.45) is 0 Å². The van der Waals surface area contributed by atoms with E-state index < -0.39 is 0 Å². The van der Waals surface area contributed by atoms with E-state index in [1.165, 1.54) is 32.1 Å². The molecule has 0 bridgehead atoms. The average molecular weight is 374 g/mol. The van der Waals surface area contributed by atoms with Gasteiger partial charge in [0.1, 0.15) is 11.5 Å². The first-order valence-electron chi connectivity index (χ1n) is 10.4. The van der Waals surface area contributed by atoms with Crippen molar-refractivity contribution >= 4 is 11.7 Å². The summed E-state index contributed by atoms with van der Waals surface area (Å²) in [5, 5.41) is 3.51. The number of morpholine rings is 1. The van der Waals surface area contributed by atoms with Gasteiger partial charge in [-0.1, -0.05) is 19.3 Å². The monoisotopic (exact) mass is 373 g/mol. The van der Waals surface area contributed by atoms with Crippen LogP contribution in [0.5, 0.6) is 0 Å². The molecule has 2 saturated heterocycles. The van der Waals surface area contributed by atoms with Gasteiger partial charge in [-0.3, -0.25) is 14.7 Å². The Morgan fingerprint density at radius 2 is 1.78 bits per heavy atom. The van der Waals surface area contributed by atoms with Crippen LogP contribution in [0.2, 0.25) is 0 Å². The lowest BCUT2D eigenvalue weighted by atomic mass is 9.79. The fourth-order valence-corrected chi connectivity index (χ4v) is 4.74. The standard InChI is InChI=1S/C20H31N5O2/c26-19(24-8-4-5-9-24)17-14-21-15-18(23-17)22-16-20(6-2-1-3-7-20)25-10-12-27-13-11-25/h14-15H,1-13,16H2,(H,22,23). The van der Waals surface area contributed by atoms with Crippen molar-refractivity contribution in [3.8, 4) is 0 Å². The third-order valence-electron chi connectivity index (χ3n) is 6.31. The number of nitrogens with one attached hydrogen (secondary N) is 1. The Morgan fingerprint density at radius 3 is 2.52 bits per heavy atom. The predicted molar refractivity (Wildman–Crippen MR) is 104 cm³/mol. The molecule has 3 fully saturated rings. The summed E-state index contributed by atoms with van der Waals surface area (Å²) in [4.78, 5) is 25.9. The van der Waals surface area contributed by atoms with Crippen LogP contribution >= 0.6 is 0 Å². The summed E-state index contributed by atoms with van der Waals surface area (Å²) in [5.41, 5.74) is 0.615. The van der Waals surface area contributed by atoms with E-state index in [-0.39, 0.29) is 11.4 Å². The number of anilines is 1. The summed E-state index contributed by atoms with van der Waals surface area (Å²) < 4.78 is 5.56. The smallest absolute Gasteiger partial charge is 0.274 e. The number of aromatic nitrogens is 2. The number of ether oxygens (including phenoxy) is 1. The third-order valence-corrected chi connectivity index (χ3v) is 6.31. The van der Waals surface area contributed by atoms with Crippen molar-refractivity contribution in [3.05, 3.63) is 18.1 Å². The minimum Gasteiger partial charge on any atom is -0.379 e. The van der Waals surface area contributed by atoms with Gasteiger partial charge >= 0.3 is 0 Å². The number of hydrogen-bond donors (Lipinski definition) is 1. The van der Waals surface area contributed by atoms with Crippen molar-refractivity contribution in [2.75, 3.05) is 51.3 Å². The van der Waals surface area contributed by atoms with Crippen LogP contribution in [0.3, 0.4) is 0 Å². The van der Waals surface area contributed by atoms with Gasteiger partial charge in [-0.15, -0.1) is 0 Å². The number of carbonyl (C=O) groups excluding carboxylic acids is 1. The second-order valence-electron chi connectivity index (χ2n) is 8.03. The first-order chi connectivity index (χ1) is 13.3. The summed E-state index contributed by atoms with van der Waals surface area (Å²) in [5.74, 6) is 0.711. The molecule has 3 aliphatic rings. The highest BCUT2D eigenvalue weighted by atomic mass is 16.5. The molecule has 0 atom stereocenters. The van der Waals surface area contributed by atoms with Gasteiger partial charge in [-0.25, -0.2) is 4.98 Å². The normalized spacial score (nSPS) is 23.3. The Hall–Kier alpha value is -1.73. The molecule has 0 aromatic carbocycles. The zero-order valence-electron chi connectivity index (χ0n) is 16.2. The van der Waals surface area contributed by atoms with Gasteiger partial charge in [0, 0.05) is 38.3 Å². The molecule has 2 aliphatic heterocycles. The first-order valence-corrected chi connectivity index (χ1v) is 10.4. The molecule has 1 amide bonds. The largest absolute Gasteiger partial charge is 0.379 e. The Balaban J connectivity index is 1.44. The number of hydrogen-bond acceptors (Lipinski definition) is 6. The Labute approximate surface area is 161 Å². The van der Waals surface area contributed by atoms with Crippen molar-refractivity contribution in [3.63, 3.8) is 0 Å². The quantitative estimate of drug-likeness (QED) is 0.853. The number of likely N-dealkylation sites (tertiary alicyclic amines) is 1. The lowest BCUT2D eigenvalue weighted by molar-refractivity contribution is -0.0318. The molecule has 7 heteroatoms. The zero-order chi connectivity index (χ0) is 18.5. The molecule has 1 aromatic heterocycles. The Kier molecular flexibility index (Phi) is 5.88. The zero-order valence-corrected chi connectivity index (χ0v) is 16.2. The predicted octanol–water partition coefficient (Wildman–Crippen LogP) is 2.16. The summed E-state index contributed by atoms with van der Waals surface area (Å²) in [7, 11) is 0. The Morgan fingerprint density at radius 1 is 1.04 bits per heavy atom. The molecule has 7 nitrogen and oxygen atoms in total. The Bertz CT molecular complexity index is 635. The molecule has 1 aromatic rings. The van der Waals surface area contributed by atoms with E-state index in [4.69, 9.17) is 4.74 Å². The van der Waals surface area contributed by atoms with Crippen LogP contribution in [0.4, 0.5) is 5.82 Å². The maximum Gasteiger partial charge on any atom is 0.274 e. The SMILES string of the molecule is O=C(c1cncc(NCC2(N3CCOCC3)CCCCC2)n1)N1CCCC1. The van der Waals surface area contributed by atoms with Crippen LogP contribution in [0.15, 0.2) is 12.4 Å². The van der Waals surface area contributed by atoms with Crippen LogP contribution in [0.1, 0.15) is 55.4 Å². The number of rotatable bonds is 5. The highest BCUT2D eigenvalue weighted by molar-refractivity contribution is 5.92. The molecule has 3 heterocycles. The average Bonchev–Trinajstić information content (AvgIpc) is 3.28. The topological polar surface area (TPSA) is 70.6 Å². The van der Waals surface area contributed by atoms with E-state index in [0.717, 1.165) is 58.8 Å². The lowest BCUT2D eigenvalue weighted by Crippen LogP contribution is -2.58. The van der Waals surface area contributed by atoms with Crippen molar-refractivity contribution in [1.29, 1.82) is 0 Å². The second-order valence-corrected chi connectivity index (χ2v) is 8.03. The molecule has 0 spiro atoms. The first kappa shape index (κ1) is 18.6. The van der Waals surface area contributed by atoms with Crippen LogP contribution < -0.4 is 5.32 Å². The minimum absolute atomic E-state index is 0.00390. The van der Waals surface area contributed by atoms with E-state index in [0.29, 0.717) is 11.5 Å². The minimum atomic E-state index is 0.00390. The molecular formula is C20H31N5O2. The van der Waals surface area contributed by atoms with Gasteiger partial charge in [0.25, 0.3) is 5.91 Å². The third kappa shape index (κ3) is 4.24. The summed E-state index contributed by atoms with van der Waals surface area (Å²) in [6, 6.07) is 0. The van der Waals surface area contributed by atoms with Crippen molar-refractivity contribution in [2.45, 2.75) is 50.5 Å². The second kappa shape index (κ2) is 8.52. The molecule has 1 saturated carbocycles. The van der Waals surface area contributed by atoms with Crippen LogP contribution in [0.25, 0.3) is 0 Å². The molecule has 27 heavy (non-hydrogen) atoms. The molecule has 1 N–H and O–H groups in total. The highest BCUT2D eigenvalue weighted by Gasteiger charge is 2.38. The fraction of sp³-hybridized carbons (Fsp3) is 0.750. The van der Waals surface area contributed by atoms with E-state index in [9.17, 15) is 4.79 Å². The lowest BCUT2D eigenvalue weighted by Gasteiger charge is -2.48. The molecule has 0 radical (unpaired) electrons. The van der Waals surface area contributed by atoms with Gasteiger partial charge in [0.15, 0.2) is 0 Å². The van der Waals surface area contributed by atoms with Gasteiger partial charge in [-0.2, -0.15) is 0 Å². The maximum atomic E-state index is 12.6. The van der Waals surface area contributed by atoms with E-state index in [1.54, 1.807) is 12.4 Å². The van der Waals surface area contributed by atoms with Crippen molar-refractivity contribution < 1.29 is 9.53 Å². The van der Waals surface area contributed by atoms with Gasteiger partial charge in [0.2, 0.25) is 0 Å². The van der Waals surface area contributed by atoms with Crippen LogP contribution in [-0.2, 0) is 4.74 Å². The van der Waals surface area contributed by atoms with E-state index >= 15 is 0 Å². The number of nitrogens with zero attached hydrogens (tertiary/aromatic N) is 4. The van der Waals surface area contributed by atoms with Crippen LogP contribution in [0, 0.1) is 0 Å². The maximum absolute atomic E-state index is 12.6. The molecule has 148 valence electrons. The molecular weight excluding hydrogens is 342 g/mol. The fourth-order valence-electron chi connectivity index (χ4n) is 4.74. The molecule has 1 aliphatic carbocycles. The van der Waals surface area contributed by atoms with E-state index in [2.05, 4.69) is 20.2 Å². The molecule has 0 unspecified atom stereocenters. The van der Waals surface area contributed by atoms with Gasteiger partial charge in [-0.05, 0) is 25.7 Å². The van der Waals surface area contributed by atoms with Gasteiger partial charge in [0.05, 0.1) is 25.6 Å². The molecule has 4 rings (SSSR count). The summed E-state index contributed by atoms with van der Waals surface area (Å²) in [6.45, 7) is 6.16. The summed E-state index contributed by atoms with van der Waals surface area (Å²) in [6.07, 6.45) is 11.8. The van der Waals surface area contributed by atoms with E-state index in [1.807, 2.05) is 4.90 Å². The highest BCUT2D eigenvalue weighted by Crippen LogP contribution is 2.34. The van der Waals surface area contributed by atoms with Crippen molar-refractivity contribution in [1.82, 2.24) is 19.8 Å². The number of amides is 1. The summed E-state index contributed by atoms with van der Waals surface area (Å²) >= 11 is 0.